The van der Waals surface area contributed by atoms with Crippen LogP contribution in [0.15, 0.2) is 0 Å². The third kappa shape index (κ3) is 3.60. The number of amides is 2. The van der Waals surface area contributed by atoms with Crippen LogP contribution in [-0.2, 0) is 19.1 Å². The molecule has 2 unspecified atom stereocenters. The molecule has 0 aliphatic carbocycles. The molecular weight excluding hydrogens is 268 g/mol. The maximum Gasteiger partial charge on any atom is 0.325 e. The van der Waals surface area contributed by atoms with E-state index in [2.05, 4.69) is 5.32 Å². The second kappa shape index (κ2) is 6.56. The Morgan fingerprint density at radius 1 is 1.50 bits per heavy atom. The highest BCUT2D eigenvalue weighted by molar-refractivity contribution is 5.82. The first kappa shape index (κ1) is 16.2. The molecule has 0 bridgehead atoms. The lowest BCUT2D eigenvalue weighted by atomic mass is 9.85. The Kier molecular flexibility index (Phi) is 5.32. The van der Waals surface area contributed by atoms with Crippen molar-refractivity contribution in [3.05, 3.63) is 0 Å². The molecule has 0 aromatic heterocycles. The standard InChI is InChI=1S/C12H20N2O6/c1-4-20-9(15)5-14(3)11(18)13-8-6-19-7-12(8,2)10(16)17/h8H,4-7H2,1-3H3,(H,13,18)(H,16,17). The van der Waals surface area contributed by atoms with Crippen LogP contribution in [0.5, 0.6) is 0 Å². The van der Waals surface area contributed by atoms with Crippen LogP contribution in [0.25, 0.3) is 0 Å². The fraction of sp³-hybridized carbons (Fsp3) is 0.750. The largest absolute Gasteiger partial charge is 0.481 e. The molecule has 1 fully saturated rings. The third-order valence-electron chi connectivity index (χ3n) is 3.26. The quantitative estimate of drug-likeness (QED) is 0.672. The Labute approximate surface area is 117 Å². The summed E-state index contributed by atoms with van der Waals surface area (Å²) in [4.78, 5) is 35.5. The van der Waals surface area contributed by atoms with E-state index in [1.807, 2.05) is 0 Å². The fourth-order valence-corrected chi connectivity index (χ4v) is 1.82. The van der Waals surface area contributed by atoms with E-state index in [9.17, 15) is 19.5 Å². The predicted octanol–water partition coefficient (Wildman–Crippen LogP) is -0.319. The molecule has 0 radical (unpaired) electrons. The van der Waals surface area contributed by atoms with Crippen molar-refractivity contribution in [2.75, 3.05) is 33.4 Å². The second-order valence-electron chi connectivity index (χ2n) is 4.90. The number of esters is 1. The van der Waals surface area contributed by atoms with E-state index in [1.165, 1.54) is 14.0 Å². The first-order valence-electron chi connectivity index (χ1n) is 6.29. The number of carbonyl (C=O) groups excluding carboxylic acids is 2. The number of likely N-dealkylation sites (N-methyl/N-ethyl adjacent to an activating group) is 1. The van der Waals surface area contributed by atoms with Crippen molar-refractivity contribution in [3.63, 3.8) is 0 Å². The van der Waals surface area contributed by atoms with Gasteiger partial charge in [-0.25, -0.2) is 4.79 Å². The number of nitrogens with one attached hydrogen (secondary N) is 1. The lowest BCUT2D eigenvalue weighted by molar-refractivity contribution is -0.149. The highest BCUT2D eigenvalue weighted by Crippen LogP contribution is 2.28. The second-order valence-corrected chi connectivity index (χ2v) is 4.90. The van der Waals surface area contributed by atoms with Gasteiger partial charge < -0.3 is 24.8 Å². The van der Waals surface area contributed by atoms with Gasteiger partial charge in [0, 0.05) is 7.05 Å². The zero-order chi connectivity index (χ0) is 15.3. The minimum absolute atomic E-state index is 0.0366. The van der Waals surface area contributed by atoms with Crippen LogP contribution < -0.4 is 5.32 Å². The Morgan fingerprint density at radius 2 is 2.15 bits per heavy atom. The number of urea groups is 1. The van der Waals surface area contributed by atoms with E-state index >= 15 is 0 Å². The van der Waals surface area contributed by atoms with E-state index in [0.717, 1.165) is 4.90 Å². The van der Waals surface area contributed by atoms with Crippen LogP contribution in [0, 0.1) is 5.41 Å². The minimum Gasteiger partial charge on any atom is -0.481 e. The van der Waals surface area contributed by atoms with Gasteiger partial charge in [-0.3, -0.25) is 9.59 Å². The normalized spacial score (nSPS) is 25.1. The van der Waals surface area contributed by atoms with Crippen LogP contribution in [0.3, 0.4) is 0 Å². The molecule has 0 spiro atoms. The number of hydrogen-bond donors (Lipinski definition) is 2. The summed E-state index contributed by atoms with van der Waals surface area (Å²) in [6.45, 7) is 3.39. The van der Waals surface area contributed by atoms with Crippen molar-refractivity contribution in [2.24, 2.45) is 5.41 Å². The molecule has 1 aliphatic rings. The van der Waals surface area contributed by atoms with Crippen molar-refractivity contribution < 1.29 is 29.0 Å². The summed E-state index contributed by atoms with van der Waals surface area (Å²) in [5, 5.41) is 11.8. The summed E-state index contributed by atoms with van der Waals surface area (Å²) in [5.41, 5.74) is -1.17. The number of rotatable bonds is 5. The Bertz CT molecular complexity index is 399. The van der Waals surface area contributed by atoms with Crippen LogP contribution in [0.2, 0.25) is 0 Å². The van der Waals surface area contributed by atoms with Crippen molar-refractivity contribution >= 4 is 18.0 Å². The molecule has 0 aromatic rings. The molecule has 114 valence electrons. The Morgan fingerprint density at radius 3 is 2.70 bits per heavy atom. The predicted molar refractivity (Wildman–Crippen MR) is 68.1 cm³/mol. The topological polar surface area (TPSA) is 105 Å². The first-order valence-corrected chi connectivity index (χ1v) is 6.29. The van der Waals surface area contributed by atoms with Gasteiger partial charge in [-0.2, -0.15) is 0 Å². The van der Waals surface area contributed by atoms with Gasteiger partial charge in [0.15, 0.2) is 0 Å². The number of carbonyl (C=O) groups is 3. The molecule has 2 atom stereocenters. The van der Waals surface area contributed by atoms with E-state index in [0.29, 0.717) is 0 Å². The lowest BCUT2D eigenvalue weighted by Crippen LogP contribution is -2.53. The number of carboxylic acid groups (broad SMARTS) is 1. The summed E-state index contributed by atoms with van der Waals surface area (Å²) in [6, 6.07) is -1.18. The van der Waals surface area contributed by atoms with Gasteiger partial charge in [-0.1, -0.05) is 0 Å². The van der Waals surface area contributed by atoms with Crippen LogP contribution in [0.1, 0.15) is 13.8 Å². The van der Waals surface area contributed by atoms with Gasteiger partial charge in [0.05, 0.1) is 25.9 Å². The van der Waals surface area contributed by atoms with Crippen molar-refractivity contribution in [1.82, 2.24) is 10.2 Å². The third-order valence-corrected chi connectivity index (χ3v) is 3.26. The van der Waals surface area contributed by atoms with Crippen molar-refractivity contribution in [1.29, 1.82) is 0 Å². The summed E-state index contributed by atoms with van der Waals surface area (Å²) in [6.07, 6.45) is 0. The van der Waals surface area contributed by atoms with Gasteiger partial charge in [0.25, 0.3) is 0 Å². The molecule has 1 saturated heterocycles. The van der Waals surface area contributed by atoms with Crippen LogP contribution in [0.4, 0.5) is 4.79 Å². The minimum atomic E-state index is -1.17. The van der Waals surface area contributed by atoms with Gasteiger partial charge in [0.2, 0.25) is 0 Å². The smallest absolute Gasteiger partial charge is 0.325 e. The molecule has 2 N–H and O–H groups in total. The monoisotopic (exact) mass is 288 g/mol. The average Bonchev–Trinajstić information content (AvgIpc) is 2.72. The zero-order valence-electron chi connectivity index (χ0n) is 11.8. The molecule has 8 nitrogen and oxygen atoms in total. The molecule has 0 saturated carbocycles. The van der Waals surface area contributed by atoms with Gasteiger partial charge in [0.1, 0.15) is 12.0 Å². The first-order chi connectivity index (χ1) is 9.31. The van der Waals surface area contributed by atoms with Crippen LogP contribution in [-0.4, -0.2) is 67.4 Å². The Hall–Kier alpha value is -1.83. The Balaban J connectivity index is 2.57. The summed E-state index contributed by atoms with van der Waals surface area (Å²) in [7, 11) is 1.43. The van der Waals surface area contributed by atoms with Gasteiger partial charge in [-0.05, 0) is 13.8 Å². The molecule has 1 heterocycles. The number of nitrogens with zero attached hydrogens (tertiary/aromatic N) is 1. The van der Waals surface area contributed by atoms with E-state index < -0.39 is 29.4 Å². The van der Waals surface area contributed by atoms with E-state index in [4.69, 9.17) is 9.47 Å². The lowest BCUT2D eigenvalue weighted by Gasteiger charge is -2.27. The number of aliphatic carboxylic acids is 1. The average molecular weight is 288 g/mol. The highest BCUT2D eigenvalue weighted by atomic mass is 16.5. The number of carboxylic acids is 1. The molecule has 8 heteroatoms. The zero-order valence-corrected chi connectivity index (χ0v) is 11.8. The maximum absolute atomic E-state index is 11.9. The number of ether oxygens (including phenoxy) is 2. The van der Waals surface area contributed by atoms with Gasteiger partial charge in [-0.15, -0.1) is 0 Å². The molecule has 1 aliphatic heterocycles. The summed E-state index contributed by atoms with van der Waals surface area (Å²) in [5.74, 6) is -1.55. The fourth-order valence-electron chi connectivity index (χ4n) is 1.82. The molecular formula is C12H20N2O6. The molecule has 2 amide bonds. The van der Waals surface area contributed by atoms with E-state index in [-0.39, 0.29) is 26.4 Å². The molecule has 0 aromatic carbocycles. The molecule has 1 rings (SSSR count). The SMILES string of the molecule is CCOC(=O)CN(C)C(=O)NC1COCC1(C)C(=O)O. The van der Waals surface area contributed by atoms with Gasteiger partial charge >= 0.3 is 18.0 Å². The summed E-state index contributed by atoms with van der Waals surface area (Å²) < 4.78 is 9.86. The maximum atomic E-state index is 11.9. The van der Waals surface area contributed by atoms with Crippen molar-refractivity contribution in [2.45, 2.75) is 19.9 Å². The van der Waals surface area contributed by atoms with Crippen molar-refractivity contribution in [3.8, 4) is 0 Å². The number of hydrogen-bond acceptors (Lipinski definition) is 5. The van der Waals surface area contributed by atoms with Crippen LogP contribution >= 0.6 is 0 Å². The summed E-state index contributed by atoms with van der Waals surface area (Å²) >= 11 is 0. The van der Waals surface area contributed by atoms with E-state index in [1.54, 1.807) is 6.92 Å². The molecule has 20 heavy (non-hydrogen) atoms. The highest BCUT2D eigenvalue weighted by Gasteiger charge is 2.47.